The summed E-state index contributed by atoms with van der Waals surface area (Å²) in [6.07, 6.45) is 1.36. The number of thioether (sulfide) groups is 1. The molecule has 6 nitrogen and oxygen atoms in total. The summed E-state index contributed by atoms with van der Waals surface area (Å²) in [5, 5.41) is 11.7. The van der Waals surface area contributed by atoms with Crippen molar-refractivity contribution in [2.24, 2.45) is 0 Å². The zero-order valence-electron chi connectivity index (χ0n) is 13.1. The van der Waals surface area contributed by atoms with Gasteiger partial charge in [0.05, 0.1) is 6.54 Å². The molecule has 0 aromatic heterocycles. The number of alkyl carbamates (subject to hydrolysis) is 1. The van der Waals surface area contributed by atoms with E-state index in [1.54, 1.807) is 32.9 Å². The van der Waals surface area contributed by atoms with Crippen molar-refractivity contribution in [1.82, 2.24) is 5.32 Å². The highest BCUT2D eigenvalue weighted by Gasteiger charge is 2.16. The Balaban J connectivity index is 2.54. The van der Waals surface area contributed by atoms with Crippen LogP contribution in [0.2, 0.25) is 0 Å². The molecular formula is C15H21NO5S. The van der Waals surface area contributed by atoms with Gasteiger partial charge >= 0.3 is 12.1 Å². The third kappa shape index (κ3) is 6.26. The monoisotopic (exact) mass is 327 g/mol. The lowest BCUT2D eigenvalue weighted by Gasteiger charge is -2.19. The van der Waals surface area contributed by atoms with Crippen LogP contribution in [-0.4, -0.2) is 42.2 Å². The smallest absolute Gasteiger partial charge is 0.407 e. The predicted molar refractivity (Wildman–Crippen MR) is 84.9 cm³/mol. The summed E-state index contributed by atoms with van der Waals surface area (Å²) in [6, 6.07) is 4.90. The molecule has 0 saturated heterocycles. The molecule has 0 heterocycles. The molecule has 0 saturated carbocycles. The second-order valence-electron chi connectivity index (χ2n) is 5.44. The van der Waals surface area contributed by atoms with Gasteiger partial charge in [-0.05, 0) is 45.2 Å². The maximum atomic E-state index is 11.5. The van der Waals surface area contributed by atoms with Crippen LogP contribution in [0.5, 0.6) is 5.75 Å². The van der Waals surface area contributed by atoms with E-state index < -0.39 is 17.7 Å². The van der Waals surface area contributed by atoms with Gasteiger partial charge in [-0.25, -0.2) is 9.59 Å². The minimum Gasteiger partial charge on any atom is -0.491 e. The predicted octanol–water partition coefficient (Wildman–Crippen LogP) is 3.01. The highest BCUT2D eigenvalue weighted by molar-refractivity contribution is 7.98. The van der Waals surface area contributed by atoms with Crippen LogP contribution < -0.4 is 10.1 Å². The number of hydrogen-bond acceptors (Lipinski definition) is 5. The lowest BCUT2D eigenvalue weighted by molar-refractivity contribution is 0.0518. The lowest BCUT2D eigenvalue weighted by Crippen LogP contribution is -2.34. The fourth-order valence-corrected chi connectivity index (χ4v) is 1.98. The zero-order valence-corrected chi connectivity index (χ0v) is 14.0. The molecule has 1 rings (SSSR count). The minimum atomic E-state index is -1.05. The van der Waals surface area contributed by atoms with E-state index in [0.717, 1.165) is 4.90 Å². The van der Waals surface area contributed by atoms with Crippen molar-refractivity contribution in [2.45, 2.75) is 31.3 Å². The number of carboxylic acids is 1. The molecule has 0 aliphatic carbocycles. The van der Waals surface area contributed by atoms with Gasteiger partial charge in [0.15, 0.2) is 0 Å². The average molecular weight is 327 g/mol. The molecule has 1 aromatic carbocycles. The fourth-order valence-electron chi connectivity index (χ4n) is 1.55. The Kier molecular flexibility index (Phi) is 6.55. The Labute approximate surface area is 134 Å². The maximum absolute atomic E-state index is 11.5. The van der Waals surface area contributed by atoms with Crippen molar-refractivity contribution in [2.75, 3.05) is 19.4 Å². The number of amides is 1. The van der Waals surface area contributed by atoms with Gasteiger partial charge < -0.3 is 19.9 Å². The Morgan fingerprint density at radius 2 is 2.00 bits per heavy atom. The molecule has 1 amide bonds. The van der Waals surface area contributed by atoms with Gasteiger partial charge in [0.1, 0.15) is 23.5 Å². The number of benzene rings is 1. The van der Waals surface area contributed by atoms with Crippen LogP contribution in [0.1, 0.15) is 31.1 Å². The van der Waals surface area contributed by atoms with Crippen LogP contribution in [-0.2, 0) is 4.74 Å². The highest BCUT2D eigenvalue weighted by atomic mass is 32.2. The Morgan fingerprint density at radius 3 is 2.55 bits per heavy atom. The highest BCUT2D eigenvalue weighted by Crippen LogP contribution is 2.25. The quantitative estimate of drug-likeness (QED) is 0.617. The van der Waals surface area contributed by atoms with Crippen molar-refractivity contribution in [3.63, 3.8) is 0 Å². The van der Waals surface area contributed by atoms with E-state index in [9.17, 15) is 9.59 Å². The first-order valence-electron chi connectivity index (χ1n) is 6.74. The molecule has 1 aromatic rings. The number of ether oxygens (including phenoxy) is 2. The molecule has 22 heavy (non-hydrogen) atoms. The van der Waals surface area contributed by atoms with E-state index in [1.165, 1.54) is 17.8 Å². The fraction of sp³-hybridized carbons (Fsp3) is 0.467. The van der Waals surface area contributed by atoms with Crippen molar-refractivity contribution in [3.05, 3.63) is 23.8 Å². The number of carbonyl (C=O) groups excluding carboxylic acids is 1. The number of nitrogens with one attached hydrogen (secondary N) is 1. The normalized spacial score (nSPS) is 10.9. The Hall–Kier alpha value is -1.89. The van der Waals surface area contributed by atoms with Gasteiger partial charge in [0.25, 0.3) is 0 Å². The summed E-state index contributed by atoms with van der Waals surface area (Å²) in [5.41, 5.74) is -0.469. The van der Waals surface area contributed by atoms with Crippen LogP contribution in [0.15, 0.2) is 23.1 Å². The topological polar surface area (TPSA) is 84.9 Å². The number of rotatable bonds is 6. The van der Waals surface area contributed by atoms with Crippen LogP contribution in [0.3, 0.4) is 0 Å². The molecule has 0 unspecified atom stereocenters. The van der Waals surface area contributed by atoms with Crippen LogP contribution >= 0.6 is 11.8 Å². The standard InChI is InChI=1S/C15H21NO5S/c1-15(2,3)21-14(19)16-7-8-20-12-9-10(22-4)5-6-11(12)13(17)18/h5-6,9H,7-8H2,1-4H3,(H,16,19)(H,17,18). The molecule has 0 radical (unpaired) electrons. The third-order valence-electron chi connectivity index (χ3n) is 2.45. The lowest BCUT2D eigenvalue weighted by atomic mass is 10.2. The summed E-state index contributed by atoms with van der Waals surface area (Å²) in [4.78, 5) is 23.5. The van der Waals surface area contributed by atoms with Crippen molar-refractivity contribution < 1.29 is 24.2 Å². The second kappa shape index (κ2) is 7.93. The first kappa shape index (κ1) is 18.2. The maximum Gasteiger partial charge on any atom is 0.407 e. The molecule has 0 fully saturated rings. The summed E-state index contributed by atoms with van der Waals surface area (Å²) < 4.78 is 10.5. The van der Waals surface area contributed by atoms with E-state index in [-0.39, 0.29) is 24.5 Å². The van der Waals surface area contributed by atoms with Gasteiger partial charge in [-0.2, -0.15) is 0 Å². The molecule has 0 aliphatic rings. The molecule has 0 atom stereocenters. The molecular weight excluding hydrogens is 306 g/mol. The number of hydrogen-bond donors (Lipinski definition) is 2. The van der Waals surface area contributed by atoms with E-state index in [2.05, 4.69) is 5.32 Å². The van der Waals surface area contributed by atoms with Gasteiger partial charge in [-0.15, -0.1) is 11.8 Å². The van der Waals surface area contributed by atoms with Crippen molar-refractivity contribution in [3.8, 4) is 5.75 Å². The molecule has 0 spiro atoms. The number of carboxylic acid groups (broad SMARTS) is 1. The van der Waals surface area contributed by atoms with Crippen molar-refractivity contribution >= 4 is 23.8 Å². The van der Waals surface area contributed by atoms with E-state index in [1.807, 2.05) is 6.26 Å². The third-order valence-corrected chi connectivity index (χ3v) is 3.17. The van der Waals surface area contributed by atoms with Gasteiger partial charge in [0, 0.05) is 4.90 Å². The average Bonchev–Trinajstić information content (AvgIpc) is 2.41. The van der Waals surface area contributed by atoms with Gasteiger partial charge in [-0.3, -0.25) is 0 Å². The first-order valence-corrected chi connectivity index (χ1v) is 7.96. The molecule has 2 N–H and O–H groups in total. The summed E-state index contributed by atoms with van der Waals surface area (Å²) in [6.45, 7) is 5.69. The largest absolute Gasteiger partial charge is 0.491 e. The van der Waals surface area contributed by atoms with Crippen LogP contribution in [0.25, 0.3) is 0 Å². The molecule has 122 valence electrons. The minimum absolute atomic E-state index is 0.0927. The molecule has 0 bridgehead atoms. The van der Waals surface area contributed by atoms with Crippen molar-refractivity contribution in [1.29, 1.82) is 0 Å². The summed E-state index contributed by atoms with van der Waals surface area (Å²) >= 11 is 1.49. The number of carbonyl (C=O) groups is 2. The SMILES string of the molecule is CSc1ccc(C(=O)O)c(OCCNC(=O)OC(C)(C)C)c1. The van der Waals surface area contributed by atoms with Crippen LogP contribution in [0, 0.1) is 0 Å². The second-order valence-corrected chi connectivity index (χ2v) is 6.32. The zero-order chi connectivity index (χ0) is 16.8. The van der Waals surface area contributed by atoms with Crippen LogP contribution in [0.4, 0.5) is 4.79 Å². The van der Waals surface area contributed by atoms with E-state index in [4.69, 9.17) is 14.6 Å². The summed E-state index contributed by atoms with van der Waals surface area (Å²) in [5.74, 6) is -0.770. The summed E-state index contributed by atoms with van der Waals surface area (Å²) in [7, 11) is 0. The molecule has 7 heteroatoms. The van der Waals surface area contributed by atoms with E-state index in [0.29, 0.717) is 0 Å². The Morgan fingerprint density at radius 1 is 1.32 bits per heavy atom. The van der Waals surface area contributed by atoms with Gasteiger partial charge in [0.2, 0.25) is 0 Å². The number of aromatic carboxylic acids is 1. The van der Waals surface area contributed by atoms with Gasteiger partial charge in [-0.1, -0.05) is 0 Å². The first-order chi connectivity index (χ1) is 10.2. The Bertz CT molecular complexity index is 539. The molecule has 0 aliphatic heterocycles. The van der Waals surface area contributed by atoms with E-state index >= 15 is 0 Å².